The van der Waals surface area contributed by atoms with Crippen LogP contribution in [0, 0.1) is 13.8 Å². The minimum absolute atomic E-state index is 0.173. The van der Waals surface area contributed by atoms with Crippen molar-refractivity contribution >= 4 is 11.8 Å². The van der Waals surface area contributed by atoms with E-state index in [0.717, 1.165) is 6.42 Å². The van der Waals surface area contributed by atoms with E-state index in [1.807, 2.05) is 11.8 Å². The summed E-state index contributed by atoms with van der Waals surface area (Å²) in [4.78, 5) is 0. The number of benzene rings is 1. The van der Waals surface area contributed by atoms with Gasteiger partial charge in [-0.05, 0) is 44.4 Å². The Labute approximate surface area is 102 Å². The Morgan fingerprint density at radius 2 is 2.00 bits per heavy atom. The summed E-state index contributed by atoms with van der Waals surface area (Å²) in [5.41, 5.74) is 3.86. The fourth-order valence-corrected chi connectivity index (χ4v) is 3.75. The predicted molar refractivity (Wildman–Crippen MR) is 71.1 cm³/mol. The molecule has 0 saturated carbocycles. The van der Waals surface area contributed by atoms with Crippen molar-refractivity contribution in [3.63, 3.8) is 0 Å². The van der Waals surface area contributed by atoms with Crippen molar-refractivity contribution in [2.45, 2.75) is 44.5 Å². The van der Waals surface area contributed by atoms with E-state index in [9.17, 15) is 5.11 Å². The monoisotopic (exact) mass is 236 g/mol. The molecular weight excluding hydrogens is 216 g/mol. The maximum Gasteiger partial charge on any atom is 0.0699 e. The first-order chi connectivity index (χ1) is 7.65. The molecule has 1 aromatic carbocycles. The molecule has 0 bridgehead atoms. The predicted octanol–water partition coefficient (Wildman–Crippen LogP) is 3.10. The van der Waals surface area contributed by atoms with Crippen molar-refractivity contribution in [3.8, 4) is 0 Å². The van der Waals surface area contributed by atoms with E-state index in [1.54, 1.807) is 0 Å². The highest BCUT2D eigenvalue weighted by Gasteiger charge is 2.23. The molecule has 16 heavy (non-hydrogen) atoms. The van der Waals surface area contributed by atoms with Gasteiger partial charge in [0.15, 0.2) is 0 Å². The van der Waals surface area contributed by atoms with Crippen LogP contribution in [0.5, 0.6) is 0 Å². The zero-order valence-electron chi connectivity index (χ0n) is 10.1. The molecule has 0 aliphatic carbocycles. The molecule has 1 aliphatic heterocycles. The van der Waals surface area contributed by atoms with Gasteiger partial charge in [0.2, 0.25) is 0 Å². The van der Waals surface area contributed by atoms with Gasteiger partial charge in [-0.1, -0.05) is 29.3 Å². The van der Waals surface area contributed by atoms with Crippen LogP contribution in [-0.2, 0) is 6.42 Å². The van der Waals surface area contributed by atoms with E-state index in [0.29, 0.717) is 5.25 Å². The number of thioether (sulfide) groups is 1. The number of aliphatic hydroxyl groups is 1. The zero-order valence-corrected chi connectivity index (χ0v) is 10.9. The topological polar surface area (TPSA) is 20.2 Å². The Bertz CT molecular complexity index is 336. The van der Waals surface area contributed by atoms with Gasteiger partial charge < -0.3 is 5.11 Å². The lowest BCUT2D eigenvalue weighted by Crippen LogP contribution is -2.23. The minimum Gasteiger partial charge on any atom is -0.392 e. The molecule has 2 unspecified atom stereocenters. The van der Waals surface area contributed by atoms with Crippen LogP contribution in [0.25, 0.3) is 0 Å². The van der Waals surface area contributed by atoms with Crippen LogP contribution in [0.2, 0.25) is 0 Å². The average molecular weight is 236 g/mol. The highest BCUT2D eigenvalue weighted by molar-refractivity contribution is 8.00. The van der Waals surface area contributed by atoms with Crippen molar-refractivity contribution in [3.05, 3.63) is 34.9 Å². The van der Waals surface area contributed by atoms with Crippen LogP contribution >= 0.6 is 11.8 Å². The molecule has 1 fully saturated rings. The molecule has 88 valence electrons. The Hall–Kier alpha value is -0.470. The van der Waals surface area contributed by atoms with Gasteiger partial charge in [-0.15, -0.1) is 0 Å². The first-order valence-electron chi connectivity index (χ1n) is 6.02. The average Bonchev–Trinajstić information content (AvgIpc) is 2.68. The summed E-state index contributed by atoms with van der Waals surface area (Å²) in [6.07, 6.45) is 3.07. The molecule has 0 radical (unpaired) electrons. The maximum atomic E-state index is 10.2. The van der Waals surface area contributed by atoms with E-state index in [2.05, 4.69) is 32.0 Å². The summed E-state index contributed by atoms with van der Waals surface area (Å²) in [5.74, 6) is 1.22. The molecule has 1 N–H and O–H groups in total. The van der Waals surface area contributed by atoms with Crippen LogP contribution < -0.4 is 0 Å². The van der Waals surface area contributed by atoms with Crippen LogP contribution in [0.1, 0.15) is 29.5 Å². The second kappa shape index (κ2) is 5.24. The molecule has 1 aromatic rings. The highest BCUT2D eigenvalue weighted by Crippen LogP contribution is 2.30. The van der Waals surface area contributed by atoms with Crippen LogP contribution in [0.4, 0.5) is 0 Å². The van der Waals surface area contributed by atoms with Crippen molar-refractivity contribution in [1.82, 2.24) is 0 Å². The van der Waals surface area contributed by atoms with Gasteiger partial charge in [0.1, 0.15) is 0 Å². The quantitative estimate of drug-likeness (QED) is 0.870. The number of aryl methyl sites for hydroxylation is 2. The van der Waals surface area contributed by atoms with Crippen molar-refractivity contribution < 1.29 is 5.11 Å². The lowest BCUT2D eigenvalue weighted by molar-refractivity contribution is 0.170. The third-order valence-corrected chi connectivity index (χ3v) is 4.62. The minimum atomic E-state index is -0.173. The number of rotatable bonds is 3. The molecule has 1 saturated heterocycles. The molecule has 1 nitrogen and oxygen atoms in total. The van der Waals surface area contributed by atoms with Crippen molar-refractivity contribution in [2.24, 2.45) is 0 Å². The number of hydrogen-bond acceptors (Lipinski definition) is 2. The third-order valence-electron chi connectivity index (χ3n) is 3.12. The Morgan fingerprint density at radius 1 is 1.31 bits per heavy atom. The second-order valence-electron chi connectivity index (χ2n) is 4.82. The smallest absolute Gasteiger partial charge is 0.0699 e. The number of aliphatic hydroxyl groups excluding tert-OH is 1. The summed E-state index contributed by atoms with van der Waals surface area (Å²) >= 11 is 1.93. The van der Waals surface area contributed by atoms with Gasteiger partial charge in [0, 0.05) is 5.25 Å². The van der Waals surface area contributed by atoms with Crippen LogP contribution in [-0.4, -0.2) is 22.2 Å². The van der Waals surface area contributed by atoms with Gasteiger partial charge in [-0.3, -0.25) is 0 Å². The van der Waals surface area contributed by atoms with Crippen molar-refractivity contribution in [2.75, 3.05) is 5.75 Å². The summed E-state index contributed by atoms with van der Waals surface area (Å²) in [5, 5.41) is 10.6. The lowest BCUT2D eigenvalue weighted by atomic mass is 10.00. The highest BCUT2D eigenvalue weighted by atomic mass is 32.2. The van der Waals surface area contributed by atoms with Gasteiger partial charge in [0.25, 0.3) is 0 Å². The fourth-order valence-electron chi connectivity index (χ4n) is 2.47. The summed E-state index contributed by atoms with van der Waals surface area (Å²) in [6, 6.07) is 6.56. The summed E-state index contributed by atoms with van der Waals surface area (Å²) in [7, 11) is 0. The van der Waals surface area contributed by atoms with E-state index in [4.69, 9.17) is 0 Å². The van der Waals surface area contributed by atoms with Gasteiger partial charge in [0.05, 0.1) is 6.10 Å². The normalized spacial score (nSPS) is 22.3. The van der Waals surface area contributed by atoms with E-state index >= 15 is 0 Å². The zero-order chi connectivity index (χ0) is 11.5. The summed E-state index contributed by atoms with van der Waals surface area (Å²) < 4.78 is 0. The molecule has 2 heteroatoms. The van der Waals surface area contributed by atoms with E-state index < -0.39 is 0 Å². The van der Waals surface area contributed by atoms with Gasteiger partial charge in [-0.25, -0.2) is 0 Å². The second-order valence-corrected chi connectivity index (χ2v) is 6.17. The molecule has 2 atom stereocenters. The summed E-state index contributed by atoms with van der Waals surface area (Å²) in [6.45, 7) is 4.24. The largest absolute Gasteiger partial charge is 0.392 e. The molecule has 2 rings (SSSR count). The lowest BCUT2D eigenvalue weighted by Gasteiger charge is -2.17. The van der Waals surface area contributed by atoms with E-state index in [-0.39, 0.29) is 6.10 Å². The molecule has 0 amide bonds. The van der Waals surface area contributed by atoms with Crippen LogP contribution in [0.3, 0.4) is 0 Å². The molecule has 1 aliphatic rings. The van der Waals surface area contributed by atoms with Crippen LogP contribution in [0.15, 0.2) is 18.2 Å². The molecule has 0 aromatic heterocycles. The van der Waals surface area contributed by atoms with E-state index in [1.165, 1.54) is 35.3 Å². The Morgan fingerprint density at radius 3 is 2.56 bits per heavy atom. The number of hydrogen-bond donors (Lipinski definition) is 1. The Balaban J connectivity index is 2.02. The first-order valence-corrected chi connectivity index (χ1v) is 7.07. The molecular formula is C14H20OS. The maximum absolute atomic E-state index is 10.2. The SMILES string of the molecule is Cc1cc(C)cc(CC(O)C2CCCS2)c1. The van der Waals surface area contributed by atoms with Gasteiger partial charge in [-0.2, -0.15) is 11.8 Å². The van der Waals surface area contributed by atoms with Gasteiger partial charge >= 0.3 is 0 Å². The third kappa shape index (κ3) is 3.02. The van der Waals surface area contributed by atoms with Crippen molar-refractivity contribution in [1.29, 1.82) is 0 Å². The fraction of sp³-hybridized carbons (Fsp3) is 0.571. The standard InChI is InChI=1S/C14H20OS/c1-10-6-11(2)8-12(7-10)9-13(15)14-4-3-5-16-14/h6-8,13-15H,3-5,9H2,1-2H3. The molecule has 0 spiro atoms. The first kappa shape index (κ1) is 12.0. The molecule has 1 heterocycles. The Kier molecular flexibility index (Phi) is 3.93.